The van der Waals surface area contributed by atoms with Gasteiger partial charge in [-0.25, -0.2) is 9.69 Å². The Labute approximate surface area is 157 Å². The number of carbonyl (C=O) groups is 4. The Kier molecular flexibility index (Phi) is 4.84. The number of carbonyl (C=O) groups excluding carboxylic acids is 3. The number of carboxylic acid groups (broad SMARTS) is 1. The molecule has 0 saturated carbocycles. The van der Waals surface area contributed by atoms with Gasteiger partial charge in [-0.3, -0.25) is 19.3 Å². The summed E-state index contributed by atoms with van der Waals surface area (Å²) in [5, 5.41) is 7.12. The molecule has 0 aromatic heterocycles. The number of ketones is 1. The molecule has 148 valence electrons. The number of benzene rings is 1. The topological polar surface area (TPSA) is 95.0 Å². The molecular weight excluding hydrogens is 381 g/mol. The Hall–Kier alpha value is -3.01. The first-order valence-corrected chi connectivity index (χ1v) is 8.22. The number of likely N-dealkylation sites (N-methyl/N-ethyl adjacent to an activating group) is 1. The van der Waals surface area contributed by atoms with Crippen LogP contribution < -0.4 is 4.90 Å². The van der Waals surface area contributed by atoms with E-state index in [4.69, 9.17) is 9.90 Å². The number of nitrogens with zero attached hydrogens (tertiary/aromatic N) is 2. The zero-order chi connectivity index (χ0) is 20.8. The highest BCUT2D eigenvalue weighted by molar-refractivity contribution is 6.24. The first-order valence-electron chi connectivity index (χ1n) is 8.22. The molecule has 0 aliphatic carbocycles. The van der Waals surface area contributed by atoms with Crippen molar-refractivity contribution in [2.45, 2.75) is 18.3 Å². The van der Waals surface area contributed by atoms with Crippen LogP contribution in [-0.4, -0.2) is 58.9 Å². The average Bonchev–Trinajstić information content (AvgIpc) is 2.97. The van der Waals surface area contributed by atoms with Crippen molar-refractivity contribution in [2.75, 3.05) is 11.9 Å². The van der Waals surface area contributed by atoms with Gasteiger partial charge in [-0.1, -0.05) is 24.3 Å². The second kappa shape index (κ2) is 6.86. The van der Waals surface area contributed by atoms with Crippen molar-refractivity contribution < 1.29 is 37.5 Å². The number of amides is 2. The number of fused-ring (bicyclic) bond motifs is 5. The number of para-hydroxylation sites is 1. The standard InChI is InChI=1S/C16H14N2O3.C2HF3O2/c1-17-10-7-8-11(19)14(17)13-12(10)15(20)18(16(13)21)9-5-3-2-4-6-9;3-2(4,5)1(6)7/h2-8,10,12-14H,1H3;(H,6,7). The third kappa shape index (κ3) is 3.09. The lowest BCUT2D eigenvalue weighted by atomic mass is 9.90. The molecule has 3 aliphatic rings. The number of halogens is 3. The summed E-state index contributed by atoms with van der Waals surface area (Å²) in [5.41, 5.74) is 0.582. The number of alkyl halides is 3. The minimum absolute atomic E-state index is 0.0858. The van der Waals surface area contributed by atoms with Crippen LogP contribution in [0.5, 0.6) is 0 Å². The van der Waals surface area contributed by atoms with Gasteiger partial charge in [-0.2, -0.15) is 13.2 Å². The molecule has 2 amide bonds. The highest BCUT2D eigenvalue weighted by Gasteiger charge is 2.63. The molecule has 0 radical (unpaired) electrons. The van der Waals surface area contributed by atoms with Crippen LogP contribution in [0.1, 0.15) is 0 Å². The summed E-state index contributed by atoms with van der Waals surface area (Å²) in [6, 6.07) is 8.24. The van der Waals surface area contributed by atoms with E-state index in [1.54, 1.807) is 30.3 Å². The molecule has 7 nitrogen and oxygen atoms in total. The van der Waals surface area contributed by atoms with Crippen LogP contribution in [0.4, 0.5) is 18.9 Å². The van der Waals surface area contributed by atoms with Gasteiger partial charge in [0.2, 0.25) is 11.8 Å². The third-order valence-corrected chi connectivity index (χ3v) is 5.02. The van der Waals surface area contributed by atoms with E-state index in [9.17, 15) is 27.6 Å². The molecule has 10 heteroatoms. The molecule has 4 unspecified atom stereocenters. The van der Waals surface area contributed by atoms with Gasteiger partial charge >= 0.3 is 12.1 Å². The highest BCUT2D eigenvalue weighted by Crippen LogP contribution is 2.45. The van der Waals surface area contributed by atoms with Gasteiger partial charge in [0.25, 0.3) is 0 Å². The number of carboxylic acids is 1. The number of anilines is 1. The molecule has 2 fully saturated rings. The molecule has 3 aliphatic heterocycles. The first-order chi connectivity index (χ1) is 13.1. The van der Waals surface area contributed by atoms with Crippen molar-refractivity contribution in [3.05, 3.63) is 42.5 Å². The number of imide groups is 1. The molecule has 2 bridgehead atoms. The zero-order valence-corrected chi connectivity index (χ0v) is 14.5. The van der Waals surface area contributed by atoms with Crippen LogP contribution >= 0.6 is 0 Å². The lowest BCUT2D eigenvalue weighted by molar-refractivity contribution is -0.192. The Morgan fingerprint density at radius 1 is 1.04 bits per heavy atom. The molecule has 0 spiro atoms. The van der Waals surface area contributed by atoms with E-state index in [2.05, 4.69) is 0 Å². The molecule has 2 saturated heterocycles. The van der Waals surface area contributed by atoms with Crippen LogP contribution in [0.3, 0.4) is 0 Å². The minimum Gasteiger partial charge on any atom is -0.475 e. The van der Waals surface area contributed by atoms with Gasteiger partial charge in [-0.15, -0.1) is 0 Å². The van der Waals surface area contributed by atoms with Crippen molar-refractivity contribution >= 4 is 29.3 Å². The highest BCUT2D eigenvalue weighted by atomic mass is 19.4. The van der Waals surface area contributed by atoms with E-state index in [0.29, 0.717) is 5.69 Å². The fraction of sp³-hybridized carbons (Fsp3) is 0.333. The van der Waals surface area contributed by atoms with Crippen LogP contribution in [0.2, 0.25) is 0 Å². The fourth-order valence-electron chi connectivity index (χ4n) is 3.85. The largest absolute Gasteiger partial charge is 0.490 e. The van der Waals surface area contributed by atoms with Crippen LogP contribution in [-0.2, 0) is 19.2 Å². The molecule has 28 heavy (non-hydrogen) atoms. The maximum Gasteiger partial charge on any atom is 0.490 e. The van der Waals surface area contributed by atoms with Crippen molar-refractivity contribution in [3.63, 3.8) is 0 Å². The Bertz CT molecular complexity index is 868. The van der Waals surface area contributed by atoms with Crippen LogP contribution in [0.15, 0.2) is 42.5 Å². The second-order valence-electron chi connectivity index (χ2n) is 6.56. The molecular formula is C18H15F3N2O5. The van der Waals surface area contributed by atoms with E-state index in [0.717, 1.165) is 0 Å². The number of rotatable bonds is 1. The van der Waals surface area contributed by atoms with Gasteiger partial charge in [0.05, 0.1) is 23.6 Å². The van der Waals surface area contributed by atoms with Crippen LogP contribution in [0, 0.1) is 11.8 Å². The van der Waals surface area contributed by atoms with Gasteiger partial charge < -0.3 is 5.11 Å². The van der Waals surface area contributed by atoms with Crippen molar-refractivity contribution in [1.82, 2.24) is 4.90 Å². The molecule has 1 aromatic carbocycles. The Balaban J connectivity index is 0.000000279. The van der Waals surface area contributed by atoms with Gasteiger partial charge in [0.1, 0.15) is 0 Å². The van der Waals surface area contributed by atoms with E-state index in [1.165, 1.54) is 11.0 Å². The van der Waals surface area contributed by atoms with Gasteiger partial charge in [0, 0.05) is 6.04 Å². The predicted octanol–water partition coefficient (Wildman–Crippen LogP) is 1.25. The lowest BCUT2D eigenvalue weighted by Crippen LogP contribution is -2.47. The fourth-order valence-corrected chi connectivity index (χ4v) is 3.85. The molecule has 1 N–H and O–H groups in total. The van der Waals surface area contributed by atoms with E-state index in [-0.39, 0.29) is 23.6 Å². The predicted molar refractivity (Wildman–Crippen MR) is 89.1 cm³/mol. The monoisotopic (exact) mass is 396 g/mol. The molecule has 4 atom stereocenters. The minimum atomic E-state index is -5.08. The number of aliphatic carboxylic acids is 1. The summed E-state index contributed by atoms with van der Waals surface area (Å²) in [6.45, 7) is 0. The second-order valence-corrected chi connectivity index (χ2v) is 6.56. The van der Waals surface area contributed by atoms with Gasteiger partial charge in [-0.05, 0) is 25.3 Å². The summed E-state index contributed by atoms with van der Waals surface area (Å²) in [6.07, 6.45) is -1.82. The maximum absolute atomic E-state index is 12.7. The molecule has 1 aromatic rings. The summed E-state index contributed by atoms with van der Waals surface area (Å²) in [5.74, 6) is -4.31. The summed E-state index contributed by atoms with van der Waals surface area (Å²) >= 11 is 0. The van der Waals surface area contributed by atoms with Gasteiger partial charge in [0.15, 0.2) is 5.78 Å². The van der Waals surface area contributed by atoms with Crippen molar-refractivity contribution in [3.8, 4) is 0 Å². The number of hydrogen-bond donors (Lipinski definition) is 1. The lowest BCUT2D eigenvalue weighted by Gasteiger charge is -2.29. The summed E-state index contributed by atoms with van der Waals surface area (Å²) < 4.78 is 31.7. The van der Waals surface area contributed by atoms with E-state index >= 15 is 0 Å². The van der Waals surface area contributed by atoms with E-state index < -0.39 is 30.0 Å². The quantitative estimate of drug-likeness (QED) is 0.718. The van der Waals surface area contributed by atoms with Crippen molar-refractivity contribution in [1.29, 1.82) is 0 Å². The van der Waals surface area contributed by atoms with Crippen molar-refractivity contribution in [2.24, 2.45) is 11.8 Å². The number of hydrogen-bond acceptors (Lipinski definition) is 5. The summed E-state index contributed by atoms with van der Waals surface area (Å²) in [7, 11) is 1.81. The Morgan fingerprint density at radius 3 is 2.11 bits per heavy atom. The normalized spacial score (nSPS) is 28.9. The zero-order valence-electron chi connectivity index (χ0n) is 14.5. The molecule has 4 rings (SSSR count). The summed E-state index contributed by atoms with van der Waals surface area (Å²) in [4.78, 5) is 49.5. The Morgan fingerprint density at radius 2 is 1.57 bits per heavy atom. The third-order valence-electron chi connectivity index (χ3n) is 5.02. The van der Waals surface area contributed by atoms with E-state index in [1.807, 2.05) is 18.0 Å². The van der Waals surface area contributed by atoms with Crippen LogP contribution in [0.25, 0.3) is 0 Å². The average molecular weight is 396 g/mol. The molecule has 3 heterocycles. The first kappa shape index (κ1) is 19.7. The smallest absolute Gasteiger partial charge is 0.475 e. The SMILES string of the molecule is CN1C2C=CC(=O)C1C1C(=O)N(c3ccccc3)C(=O)C12.O=C(O)C(F)(F)F. The maximum atomic E-state index is 12.7.